The van der Waals surface area contributed by atoms with Crippen LogP contribution in [0, 0.1) is 0 Å². The SMILES string of the molecule is C=C/C=C(\C=C)S(=O)CCN1CCCC1.O=CO. The van der Waals surface area contributed by atoms with Gasteiger partial charge in [0.15, 0.2) is 0 Å². The molecule has 0 spiro atoms. The number of nitrogens with zero attached hydrogens (tertiary/aromatic N) is 1. The molecule has 0 saturated carbocycles. The van der Waals surface area contributed by atoms with E-state index in [-0.39, 0.29) is 6.47 Å². The van der Waals surface area contributed by atoms with E-state index in [9.17, 15) is 4.21 Å². The molecule has 0 radical (unpaired) electrons. The molecule has 1 N–H and O–H groups in total. The second-order valence-corrected chi connectivity index (χ2v) is 5.28. The third-order valence-electron chi connectivity index (χ3n) is 2.54. The van der Waals surface area contributed by atoms with Crippen molar-refractivity contribution in [3.63, 3.8) is 0 Å². The summed E-state index contributed by atoms with van der Waals surface area (Å²) in [6, 6.07) is 0. The molecule has 102 valence electrons. The lowest BCUT2D eigenvalue weighted by Crippen LogP contribution is -2.24. The van der Waals surface area contributed by atoms with Crippen molar-refractivity contribution in [2.24, 2.45) is 0 Å². The van der Waals surface area contributed by atoms with Gasteiger partial charge in [-0.2, -0.15) is 0 Å². The van der Waals surface area contributed by atoms with E-state index >= 15 is 0 Å². The summed E-state index contributed by atoms with van der Waals surface area (Å²) < 4.78 is 11.8. The lowest BCUT2D eigenvalue weighted by Gasteiger charge is -2.13. The molecule has 1 atom stereocenters. The van der Waals surface area contributed by atoms with Crippen LogP contribution in [0.15, 0.2) is 36.3 Å². The first-order chi connectivity index (χ1) is 8.69. The van der Waals surface area contributed by atoms with E-state index in [2.05, 4.69) is 18.1 Å². The van der Waals surface area contributed by atoms with Crippen molar-refractivity contribution in [2.45, 2.75) is 12.8 Å². The summed E-state index contributed by atoms with van der Waals surface area (Å²) >= 11 is 0. The minimum atomic E-state index is -0.924. The Morgan fingerprint density at radius 1 is 1.33 bits per heavy atom. The predicted molar refractivity (Wildman–Crippen MR) is 75.9 cm³/mol. The van der Waals surface area contributed by atoms with Crippen LogP contribution in [-0.2, 0) is 15.6 Å². The fourth-order valence-corrected chi connectivity index (χ4v) is 2.78. The predicted octanol–water partition coefficient (Wildman–Crippen LogP) is 1.79. The molecular formula is C13H21NO3S. The molecule has 1 fully saturated rings. The van der Waals surface area contributed by atoms with Crippen LogP contribution in [0.5, 0.6) is 0 Å². The molecular weight excluding hydrogens is 250 g/mol. The second-order valence-electron chi connectivity index (χ2n) is 3.71. The third kappa shape index (κ3) is 7.19. The smallest absolute Gasteiger partial charge is 0.290 e. The van der Waals surface area contributed by atoms with Gasteiger partial charge in [0.1, 0.15) is 0 Å². The van der Waals surface area contributed by atoms with Gasteiger partial charge in [-0.05, 0) is 32.0 Å². The lowest BCUT2D eigenvalue weighted by molar-refractivity contribution is -0.122. The van der Waals surface area contributed by atoms with Crippen molar-refractivity contribution in [2.75, 3.05) is 25.4 Å². The fraction of sp³-hybridized carbons (Fsp3) is 0.462. The Labute approximate surface area is 111 Å². The van der Waals surface area contributed by atoms with Gasteiger partial charge in [-0.15, -0.1) is 0 Å². The van der Waals surface area contributed by atoms with Crippen molar-refractivity contribution in [1.82, 2.24) is 4.90 Å². The number of allylic oxidation sites excluding steroid dienone is 3. The molecule has 4 nitrogen and oxygen atoms in total. The van der Waals surface area contributed by atoms with Gasteiger partial charge in [-0.1, -0.05) is 25.3 Å². The lowest BCUT2D eigenvalue weighted by atomic mass is 10.4. The Morgan fingerprint density at radius 3 is 2.33 bits per heavy atom. The van der Waals surface area contributed by atoms with Crippen LogP contribution in [0.1, 0.15) is 12.8 Å². The Kier molecular flexibility index (Phi) is 10.2. The van der Waals surface area contributed by atoms with Crippen LogP contribution < -0.4 is 0 Å². The van der Waals surface area contributed by atoms with E-state index in [1.807, 2.05) is 0 Å². The van der Waals surface area contributed by atoms with Gasteiger partial charge >= 0.3 is 0 Å². The van der Waals surface area contributed by atoms with E-state index in [1.54, 1.807) is 18.2 Å². The molecule has 0 aromatic rings. The number of carboxylic acid groups (broad SMARTS) is 1. The standard InChI is InChI=1S/C12H19NOS.CH2O2/c1-3-7-12(4-2)15(14)11-10-13-8-5-6-9-13;2-1-3/h3-4,7H,1-2,5-6,8-11H2;1H,(H,2,3)/b12-7+;. The van der Waals surface area contributed by atoms with E-state index < -0.39 is 10.8 Å². The highest BCUT2D eigenvalue weighted by atomic mass is 32.2. The van der Waals surface area contributed by atoms with E-state index in [4.69, 9.17) is 9.90 Å². The quantitative estimate of drug-likeness (QED) is 0.591. The molecule has 1 unspecified atom stereocenters. The normalized spacial score (nSPS) is 17.4. The molecule has 1 saturated heterocycles. The van der Waals surface area contributed by atoms with Crippen molar-refractivity contribution < 1.29 is 14.1 Å². The van der Waals surface area contributed by atoms with Gasteiger partial charge in [-0.25, -0.2) is 0 Å². The van der Waals surface area contributed by atoms with Gasteiger partial charge in [0, 0.05) is 17.2 Å². The Morgan fingerprint density at radius 2 is 1.89 bits per heavy atom. The van der Waals surface area contributed by atoms with Crippen LogP contribution in [0.4, 0.5) is 0 Å². The molecule has 1 heterocycles. The first kappa shape index (κ1) is 16.8. The van der Waals surface area contributed by atoms with E-state index in [0.29, 0.717) is 5.75 Å². The Hall–Kier alpha value is -1.20. The maximum absolute atomic E-state index is 11.8. The first-order valence-corrected chi connectivity index (χ1v) is 7.15. The van der Waals surface area contributed by atoms with Crippen LogP contribution in [0.25, 0.3) is 0 Å². The molecule has 0 bridgehead atoms. The highest BCUT2D eigenvalue weighted by Gasteiger charge is 2.12. The van der Waals surface area contributed by atoms with Gasteiger partial charge in [0.2, 0.25) is 0 Å². The molecule has 0 aliphatic carbocycles. The van der Waals surface area contributed by atoms with Crippen LogP contribution in [-0.4, -0.2) is 46.1 Å². The summed E-state index contributed by atoms with van der Waals surface area (Å²) in [6.07, 6.45) is 7.65. The van der Waals surface area contributed by atoms with Gasteiger partial charge in [0.25, 0.3) is 6.47 Å². The zero-order chi connectivity index (χ0) is 13.8. The largest absolute Gasteiger partial charge is 0.483 e. The number of hydrogen-bond donors (Lipinski definition) is 1. The highest BCUT2D eigenvalue weighted by molar-refractivity contribution is 7.89. The highest BCUT2D eigenvalue weighted by Crippen LogP contribution is 2.09. The first-order valence-electron chi connectivity index (χ1n) is 5.83. The Balaban J connectivity index is 0.000000873. The summed E-state index contributed by atoms with van der Waals surface area (Å²) in [6.45, 7) is 10.2. The topological polar surface area (TPSA) is 57.6 Å². The maximum atomic E-state index is 11.8. The van der Waals surface area contributed by atoms with Gasteiger partial charge in [0.05, 0.1) is 10.8 Å². The van der Waals surface area contributed by atoms with Crippen molar-refractivity contribution in [3.8, 4) is 0 Å². The number of hydrogen-bond acceptors (Lipinski definition) is 3. The molecule has 1 rings (SSSR count). The Bertz CT molecular complexity index is 320. The van der Waals surface area contributed by atoms with Crippen molar-refractivity contribution >= 4 is 17.3 Å². The minimum absolute atomic E-state index is 0.250. The molecule has 0 aromatic heterocycles. The summed E-state index contributed by atoms with van der Waals surface area (Å²) in [7, 11) is -0.924. The van der Waals surface area contributed by atoms with Crippen LogP contribution in [0.2, 0.25) is 0 Å². The number of likely N-dealkylation sites (tertiary alicyclic amines) is 1. The second kappa shape index (κ2) is 10.9. The molecule has 1 aliphatic rings. The average Bonchev–Trinajstić information content (AvgIpc) is 2.87. The molecule has 18 heavy (non-hydrogen) atoms. The van der Waals surface area contributed by atoms with Crippen molar-refractivity contribution in [3.05, 3.63) is 36.3 Å². The maximum Gasteiger partial charge on any atom is 0.290 e. The minimum Gasteiger partial charge on any atom is -0.483 e. The number of rotatable bonds is 6. The molecule has 0 aromatic carbocycles. The molecule has 0 amide bonds. The zero-order valence-corrected chi connectivity index (χ0v) is 11.4. The number of carbonyl (C=O) groups is 1. The van der Waals surface area contributed by atoms with E-state index in [0.717, 1.165) is 24.5 Å². The van der Waals surface area contributed by atoms with Crippen molar-refractivity contribution in [1.29, 1.82) is 0 Å². The summed E-state index contributed by atoms with van der Waals surface area (Å²) in [4.78, 5) is 11.5. The summed E-state index contributed by atoms with van der Waals surface area (Å²) in [5.74, 6) is 0.700. The zero-order valence-electron chi connectivity index (χ0n) is 10.6. The fourth-order valence-electron chi connectivity index (χ4n) is 1.69. The van der Waals surface area contributed by atoms with Gasteiger partial charge < -0.3 is 10.0 Å². The van der Waals surface area contributed by atoms with Crippen LogP contribution >= 0.6 is 0 Å². The average molecular weight is 271 g/mol. The van der Waals surface area contributed by atoms with Gasteiger partial charge in [-0.3, -0.25) is 9.00 Å². The summed E-state index contributed by atoms with van der Waals surface area (Å²) in [5, 5.41) is 6.89. The molecule has 5 heteroatoms. The molecule has 1 aliphatic heterocycles. The van der Waals surface area contributed by atoms with E-state index in [1.165, 1.54) is 12.8 Å². The van der Waals surface area contributed by atoms with Crippen LogP contribution in [0.3, 0.4) is 0 Å². The monoisotopic (exact) mass is 271 g/mol. The summed E-state index contributed by atoms with van der Waals surface area (Å²) in [5.41, 5.74) is 0. The third-order valence-corrected chi connectivity index (χ3v) is 3.92.